The molecule has 0 saturated heterocycles. The van der Waals surface area contributed by atoms with Gasteiger partial charge in [0.1, 0.15) is 24.0 Å². The molecule has 1 heterocycles. The average Bonchev–Trinajstić information content (AvgIpc) is 2.61. The summed E-state index contributed by atoms with van der Waals surface area (Å²) in [6.45, 7) is 3.54. The highest BCUT2D eigenvalue weighted by molar-refractivity contribution is 5.93. The number of halogens is 1. The molecular formula is C12H14FN5O. The quantitative estimate of drug-likeness (QED) is 0.816. The number of hydrogen-bond donors (Lipinski definition) is 2. The number of nitrogens with zero attached hydrogens (tertiary/aromatic N) is 3. The molecule has 0 spiro atoms. The van der Waals surface area contributed by atoms with Gasteiger partial charge in [0.05, 0.1) is 11.4 Å². The Bertz CT molecular complexity index is 623. The van der Waals surface area contributed by atoms with Crippen molar-refractivity contribution in [3.63, 3.8) is 0 Å². The summed E-state index contributed by atoms with van der Waals surface area (Å²) < 4.78 is 14.4. The summed E-state index contributed by atoms with van der Waals surface area (Å²) >= 11 is 0. The van der Waals surface area contributed by atoms with E-state index >= 15 is 0 Å². The Labute approximate surface area is 109 Å². The van der Waals surface area contributed by atoms with Crippen molar-refractivity contribution in [2.75, 3.05) is 11.1 Å². The lowest BCUT2D eigenvalue weighted by atomic mass is 10.2. The van der Waals surface area contributed by atoms with E-state index < -0.39 is 5.82 Å². The van der Waals surface area contributed by atoms with Crippen molar-refractivity contribution in [2.45, 2.75) is 20.4 Å². The maximum Gasteiger partial charge on any atom is 0.246 e. The van der Waals surface area contributed by atoms with Crippen LogP contribution in [0.5, 0.6) is 0 Å². The number of aryl methyl sites for hydroxylation is 2. The molecule has 0 aliphatic carbocycles. The van der Waals surface area contributed by atoms with E-state index in [4.69, 9.17) is 5.73 Å². The fraction of sp³-hybridized carbons (Fsp3) is 0.250. The van der Waals surface area contributed by atoms with Gasteiger partial charge >= 0.3 is 0 Å². The number of anilines is 2. The molecule has 0 atom stereocenters. The fourth-order valence-electron chi connectivity index (χ4n) is 1.68. The SMILES string of the molecule is Cc1nc(C)n(CC(=O)Nc2ccc(F)cc2N)n1. The molecule has 100 valence electrons. The van der Waals surface area contributed by atoms with E-state index in [1.54, 1.807) is 13.8 Å². The first-order valence-electron chi connectivity index (χ1n) is 5.68. The van der Waals surface area contributed by atoms with Gasteiger partial charge in [-0.05, 0) is 32.0 Å². The molecule has 0 fully saturated rings. The molecule has 1 aromatic carbocycles. The van der Waals surface area contributed by atoms with Crippen molar-refractivity contribution in [1.82, 2.24) is 14.8 Å². The molecule has 0 saturated carbocycles. The van der Waals surface area contributed by atoms with Gasteiger partial charge in [-0.15, -0.1) is 0 Å². The Hall–Kier alpha value is -2.44. The van der Waals surface area contributed by atoms with Crippen molar-refractivity contribution in [1.29, 1.82) is 0 Å². The molecule has 0 aliphatic rings. The maximum atomic E-state index is 12.9. The predicted molar refractivity (Wildman–Crippen MR) is 68.9 cm³/mol. The van der Waals surface area contributed by atoms with Crippen LogP contribution in [0.3, 0.4) is 0 Å². The van der Waals surface area contributed by atoms with Crippen molar-refractivity contribution in [3.05, 3.63) is 35.7 Å². The molecule has 6 nitrogen and oxygen atoms in total. The van der Waals surface area contributed by atoms with E-state index in [1.807, 2.05) is 0 Å². The van der Waals surface area contributed by atoms with Crippen LogP contribution in [0.15, 0.2) is 18.2 Å². The molecule has 0 radical (unpaired) electrons. The second-order valence-electron chi connectivity index (χ2n) is 4.14. The Morgan fingerprint density at radius 3 is 2.79 bits per heavy atom. The van der Waals surface area contributed by atoms with Crippen LogP contribution in [-0.2, 0) is 11.3 Å². The van der Waals surface area contributed by atoms with Gasteiger partial charge in [-0.3, -0.25) is 4.79 Å². The molecule has 1 aromatic heterocycles. The smallest absolute Gasteiger partial charge is 0.246 e. The number of rotatable bonds is 3. The van der Waals surface area contributed by atoms with Crippen LogP contribution in [0.4, 0.5) is 15.8 Å². The van der Waals surface area contributed by atoms with Crippen molar-refractivity contribution < 1.29 is 9.18 Å². The van der Waals surface area contributed by atoms with Gasteiger partial charge < -0.3 is 11.1 Å². The lowest BCUT2D eigenvalue weighted by Crippen LogP contribution is -2.21. The van der Waals surface area contributed by atoms with E-state index in [-0.39, 0.29) is 18.1 Å². The van der Waals surface area contributed by atoms with Gasteiger partial charge in [0.25, 0.3) is 0 Å². The molecule has 0 unspecified atom stereocenters. The first-order chi connectivity index (χ1) is 8.95. The van der Waals surface area contributed by atoms with Crippen molar-refractivity contribution in [3.8, 4) is 0 Å². The van der Waals surface area contributed by atoms with Crippen molar-refractivity contribution >= 4 is 17.3 Å². The Morgan fingerprint density at radius 2 is 2.21 bits per heavy atom. The second kappa shape index (κ2) is 5.05. The third kappa shape index (κ3) is 3.06. The molecule has 2 rings (SSSR count). The van der Waals surface area contributed by atoms with Crippen LogP contribution in [0.1, 0.15) is 11.6 Å². The fourth-order valence-corrected chi connectivity index (χ4v) is 1.68. The van der Waals surface area contributed by atoms with Crippen LogP contribution in [-0.4, -0.2) is 20.7 Å². The third-order valence-electron chi connectivity index (χ3n) is 2.54. The summed E-state index contributed by atoms with van der Waals surface area (Å²) in [7, 11) is 0. The minimum absolute atomic E-state index is 0.0312. The predicted octanol–water partition coefficient (Wildman–Crippen LogP) is 1.25. The standard InChI is InChI=1S/C12H14FN5O/c1-7-15-8(2)18(17-7)6-12(19)16-11-4-3-9(13)5-10(11)14/h3-5H,6,14H2,1-2H3,(H,16,19). The van der Waals surface area contributed by atoms with E-state index in [2.05, 4.69) is 15.4 Å². The zero-order valence-corrected chi connectivity index (χ0v) is 10.6. The Balaban J connectivity index is 2.07. The van der Waals surface area contributed by atoms with E-state index in [9.17, 15) is 9.18 Å². The number of nitrogens with two attached hydrogens (primary N) is 1. The molecule has 2 aromatic rings. The first kappa shape index (κ1) is 13.0. The van der Waals surface area contributed by atoms with Crippen molar-refractivity contribution in [2.24, 2.45) is 0 Å². The molecular weight excluding hydrogens is 249 g/mol. The van der Waals surface area contributed by atoms with Crippen LogP contribution in [0, 0.1) is 19.7 Å². The number of aromatic nitrogens is 3. The Morgan fingerprint density at radius 1 is 1.47 bits per heavy atom. The molecule has 7 heteroatoms. The lowest BCUT2D eigenvalue weighted by Gasteiger charge is -2.08. The van der Waals surface area contributed by atoms with Gasteiger partial charge in [-0.2, -0.15) is 5.10 Å². The number of nitrogens with one attached hydrogen (secondary N) is 1. The van der Waals surface area contributed by atoms with Gasteiger partial charge in [0.15, 0.2) is 0 Å². The summed E-state index contributed by atoms with van der Waals surface area (Å²) in [5.74, 6) is 0.510. The lowest BCUT2D eigenvalue weighted by molar-refractivity contribution is -0.116. The summed E-state index contributed by atoms with van der Waals surface area (Å²) in [5, 5.41) is 6.69. The highest BCUT2D eigenvalue weighted by atomic mass is 19.1. The van der Waals surface area contributed by atoms with Gasteiger partial charge in [0, 0.05) is 0 Å². The molecule has 1 amide bonds. The van der Waals surface area contributed by atoms with E-state index in [0.717, 1.165) is 6.07 Å². The minimum atomic E-state index is -0.446. The normalized spacial score (nSPS) is 10.5. The average molecular weight is 263 g/mol. The monoisotopic (exact) mass is 263 g/mol. The summed E-state index contributed by atoms with van der Waals surface area (Å²) in [6, 6.07) is 3.80. The topological polar surface area (TPSA) is 85.8 Å². The summed E-state index contributed by atoms with van der Waals surface area (Å²) in [4.78, 5) is 15.9. The molecule has 0 bridgehead atoms. The molecule has 0 aliphatic heterocycles. The van der Waals surface area contributed by atoms with Crippen LogP contribution in [0.25, 0.3) is 0 Å². The first-order valence-corrected chi connectivity index (χ1v) is 5.68. The number of carbonyl (C=O) groups is 1. The zero-order chi connectivity index (χ0) is 14.0. The number of benzene rings is 1. The van der Waals surface area contributed by atoms with Crippen LogP contribution in [0.2, 0.25) is 0 Å². The van der Waals surface area contributed by atoms with Gasteiger partial charge in [-0.1, -0.05) is 0 Å². The summed E-state index contributed by atoms with van der Waals surface area (Å²) in [5.41, 5.74) is 6.16. The maximum absolute atomic E-state index is 12.9. The highest BCUT2D eigenvalue weighted by Gasteiger charge is 2.10. The third-order valence-corrected chi connectivity index (χ3v) is 2.54. The van der Waals surface area contributed by atoms with Gasteiger partial charge in [-0.25, -0.2) is 14.1 Å². The number of hydrogen-bond acceptors (Lipinski definition) is 4. The Kier molecular flexibility index (Phi) is 3.46. The minimum Gasteiger partial charge on any atom is -0.397 e. The zero-order valence-electron chi connectivity index (χ0n) is 10.6. The number of carbonyl (C=O) groups excluding carboxylic acids is 1. The van der Waals surface area contributed by atoms with E-state index in [0.29, 0.717) is 17.3 Å². The molecule has 19 heavy (non-hydrogen) atoms. The van der Waals surface area contributed by atoms with E-state index in [1.165, 1.54) is 16.8 Å². The molecule has 3 N–H and O–H groups in total. The largest absolute Gasteiger partial charge is 0.397 e. The highest BCUT2D eigenvalue weighted by Crippen LogP contribution is 2.18. The number of amides is 1. The van der Waals surface area contributed by atoms with Crippen LogP contribution >= 0.6 is 0 Å². The second-order valence-corrected chi connectivity index (χ2v) is 4.14. The van der Waals surface area contributed by atoms with Gasteiger partial charge in [0.2, 0.25) is 5.91 Å². The number of nitrogen functional groups attached to an aromatic ring is 1. The summed E-state index contributed by atoms with van der Waals surface area (Å²) in [6.07, 6.45) is 0. The van der Waals surface area contributed by atoms with Crippen LogP contribution < -0.4 is 11.1 Å².